The lowest BCUT2D eigenvalue weighted by atomic mass is 10.2. The van der Waals surface area contributed by atoms with Crippen LogP contribution in [0.2, 0.25) is 0 Å². The van der Waals surface area contributed by atoms with Crippen LogP contribution in [0, 0.1) is 12.7 Å². The van der Waals surface area contributed by atoms with Gasteiger partial charge in [-0.2, -0.15) is 0 Å². The molecule has 0 N–H and O–H groups in total. The van der Waals surface area contributed by atoms with Crippen LogP contribution in [0.25, 0.3) is 0 Å². The smallest absolute Gasteiger partial charge is 0.340 e. The highest BCUT2D eigenvalue weighted by Gasteiger charge is 2.12. The SMILES string of the molecule is COC(=O)c1ccc(OCc2cccc(C)n2)cc1F. The Balaban J connectivity index is 2.07. The van der Waals surface area contributed by atoms with Crippen molar-refractivity contribution in [3.63, 3.8) is 0 Å². The normalized spacial score (nSPS) is 10.2. The van der Waals surface area contributed by atoms with E-state index in [1.54, 1.807) is 0 Å². The number of benzene rings is 1. The lowest BCUT2D eigenvalue weighted by Gasteiger charge is -2.08. The fourth-order valence-electron chi connectivity index (χ4n) is 1.70. The van der Waals surface area contributed by atoms with Crippen molar-refractivity contribution in [3.05, 3.63) is 59.2 Å². The first-order valence-electron chi connectivity index (χ1n) is 6.03. The number of hydrogen-bond acceptors (Lipinski definition) is 4. The second kappa shape index (κ2) is 6.14. The fraction of sp³-hybridized carbons (Fsp3) is 0.200. The molecule has 1 aromatic carbocycles. The van der Waals surface area contributed by atoms with Gasteiger partial charge in [-0.05, 0) is 31.2 Å². The van der Waals surface area contributed by atoms with Crippen LogP contribution in [0.4, 0.5) is 4.39 Å². The Morgan fingerprint density at radius 1 is 1.30 bits per heavy atom. The molecule has 0 bridgehead atoms. The van der Waals surface area contributed by atoms with Crippen molar-refractivity contribution < 1.29 is 18.7 Å². The summed E-state index contributed by atoms with van der Waals surface area (Å²) < 4.78 is 23.6. The maximum absolute atomic E-state index is 13.7. The highest BCUT2D eigenvalue weighted by molar-refractivity contribution is 5.89. The van der Waals surface area contributed by atoms with Crippen molar-refractivity contribution in [2.75, 3.05) is 7.11 Å². The van der Waals surface area contributed by atoms with Gasteiger partial charge in [-0.3, -0.25) is 4.98 Å². The Hall–Kier alpha value is -2.43. The number of carbonyl (C=O) groups excluding carboxylic acids is 1. The zero-order chi connectivity index (χ0) is 14.5. The summed E-state index contributed by atoms with van der Waals surface area (Å²) in [7, 11) is 1.20. The Morgan fingerprint density at radius 3 is 2.75 bits per heavy atom. The number of rotatable bonds is 4. The highest BCUT2D eigenvalue weighted by Crippen LogP contribution is 2.18. The minimum Gasteiger partial charge on any atom is -0.487 e. The van der Waals surface area contributed by atoms with Crippen LogP contribution in [0.15, 0.2) is 36.4 Å². The van der Waals surface area contributed by atoms with Gasteiger partial charge in [-0.1, -0.05) is 6.07 Å². The molecular weight excluding hydrogens is 261 g/mol. The maximum Gasteiger partial charge on any atom is 0.340 e. The molecule has 0 aliphatic heterocycles. The van der Waals surface area contributed by atoms with Crippen LogP contribution in [0.1, 0.15) is 21.7 Å². The molecule has 0 aliphatic rings. The van der Waals surface area contributed by atoms with Crippen molar-refractivity contribution in [2.24, 2.45) is 0 Å². The van der Waals surface area contributed by atoms with Crippen LogP contribution in [-0.2, 0) is 11.3 Å². The lowest BCUT2D eigenvalue weighted by molar-refractivity contribution is 0.0595. The molecule has 0 radical (unpaired) electrons. The third-order valence-electron chi connectivity index (χ3n) is 2.68. The molecule has 0 fully saturated rings. The van der Waals surface area contributed by atoms with Crippen molar-refractivity contribution in [3.8, 4) is 5.75 Å². The summed E-state index contributed by atoms with van der Waals surface area (Å²) >= 11 is 0. The van der Waals surface area contributed by atoms with Crippen LogP contribution in [0.5, 0.6) is 5.75 Å². The van der Waals surface area contributed by atoms with Gasteiger partial charge < -0.3 is 9.47 Å². The van der Waals surface area contributed by atoms with Gasteiger partial charge >= 0.3 is 5.97 Å². The molecule has 0 spiro atoms. The maximum atomic E-state index is 13.7. The van der Waals surface area contributed by atoms with Gasteiger partial charge in [0.05, 0.1) is 18.4 Å². The van der Waals surface area contributed by atoms with E-state index in [0.717, 1.165) is 17.5 Å². The van der Waals surface area contributed by atoms with Gasteiger partial charge in [-0.15, -0.1) is 0 Å². The average molecular weight is 275 g/mol. The molecule has 0 amide bonds. The molecule has 1 heterocycles. The molecule has 2 rings (SSSR count). The van der Waals surface area contributed by atoms with E-state index in [-0.39, 0.29) is 12.2 Å². The molecule has 104 valence electrons. The molecule has 0 saturated heterocycles. The molecule has 5 heteroatoms. The van der Waals surface area contributed by atoms with E-state index in [1.807, 2.05) is 25.1 Å². The molecule has 0 atom stereocenters. The number of ether oxygens (including phenoxy) is 2. The van der Waals surface area contributed by atoms with Crippen LogP contribution < -0.4 is 4.74 Å². The van der Waals surface area contributed by atoms with E-state index in [4.69, 9.17) is 4.74 Å². The van der Waals surface area contributed by atoms with Gasteiger partial charge in [0, 0.05) is 11.8 Å². The first-order chi connectivity index (χ1) is 9.60. The minimum absolute atomic E-state index is 0.117. The number of methoxy groups -OCH3 is 1. The summed E-state index contributed by atoms with van der Waals surface area (Å²) in [5, 5.41) is 0. The zero-order valence-corrected chi connectivity index (χ0v) is 11.2. The van der Waals surface area contributed by atoms with E-state index in [0.29, 0.717) is 5.75 Å². The Kier molecular flexibility index (Phi) is 4.30. The number of nitrogens with zero attached hydrogens (tertiary/aromatic N) is 1. The third kappa shape index (κ3) is 3.32. The van der Waals surface area contributed by atoms with E-state index in [9.17, 15) is 9.18 Å². The summed E-state index contributed by atoms with van der Waals surface area (Å²) in [5.74, 6) is -1.06. The van der Waals surface area contributed by atoms with Crippen LogP contribution in [0.3, 0.4) is 0 Å². The van der Waals surface area contributed by atoms with Crippen molar-refractivity contribution in [1.29, 1.82) is 0 Å². The number of halogens is 1. The number of esters is 1. The predicted octanol–water partition coefficient (Wildman–Crippen LogP) is 2.89. The standard InChI is InChI=1S/C15H14FNO3/c1-10-4-3-5-11(17-10)9-20-12-6-7-13(14(16)8-12)15(18)19-2/h3-8H,9H2,1-2H3. The van der Waals surface area contributed by atoms with Gasteiger partial charge in [-0.25, -0.2) is 9.18 Å². The average Bonchev–Trinajstić information content (AvgIpc) is 2.44. The lowest BCUT2D eigenvalue weighted by Crippen LogP contribution is -2.05. The molecule has 1 aromatic heterocycles. The topological polar surface area (TPSA) is 48.4 Å². The van der Waals surface area contributed by atoms with Crippen molar-refractivity contribution in [1.82, 2.24) is 4.98 Å². The number of aryl methyl sites for hydroxylation is 1. The van der Waals surface area contributed by atoms with E-state index in [2.05, 4.69) is 9.72 Å². The summed E-state index contributed by atoms with van der Waals surface area (Å²) in [4.78, 5) is 15.5. The van der Waals surface area contributed by atoms with Gasteiger partial charge in [0.1, 0.15) is 18.2 Å². The largest absolute Gasteiger partial charge is 0.487 e. The van der Waals surface area contributed by atoms with Crippen LogP contribution >= 0.6 is 0 Å². The van der Waals surface area contributed by atoms with E-state index >= 15 is 0 Å². The number of pyridine rings is 1. The molecule has 20 heavy (non-hydrogen) atoms. The van der Waals surface area contributed by atoms with Gasteiger partial charge in [0.15, 0.2) is 0 Å². The molecule has 0 unspecified atom stereocenters. The minimum atomic E-state index is -0.714. The van der Waals surface area contributed by atoms with Gasteiger partial charge in [0.2, 0.25) is 0 Å². The quantitative estimate of drug-likeness (QED) is 0.805. The Labute approximate surface area is 116 Å². The first kappa shape index (κ1) is 14.0. The van der Waals surface area contributed by atoms with Gasteiger partial charge in [0.25, 0.3) is 0 Å². The molecule has 4 nitrogen and oxygen atoms in total. The molecule has 0 saturated carbocycles. The Morgan fingerprint density at radius 2 is 2.10 bits per heavy atom. The van der Waals surface area contributed by atoms with E-state index < -0.39 is 11.8 Å². The fourth-order valence-corrected chi connectivity index (χ4v) is 1.70. The first-order valence-corrected chi connectivity index (χ1v) is 6.03. The van der Waals surface area contributed by atoms with Crippen molar-refractivity contribution in [2.45, 2.75) is 13.5 Å². The molecule has 2 aromatic rings. The number of hydrogen-bond donors (Lipinski definition) is 0. The molecule has 0 aliphatic carbocycles. The predicted molar refractivity (Wildman–Crippen MR) is 71.0 cm³/mol. The second-order valence-corrected chi connectivity index (χ2v) is 4.19. The molecular formula is C15H14FNO3. The Bertz CT molecular complexity index is 628. The summed E-state index contributed by atoms with van der Waals surface area (Å²) in [6.07, 6.45) is 0. The second-order valence-electron chi connectivity index (χ2n) is 4.19. The summed E-state index contributed by atoms with van der Waals surface area (Å²) in [6.45, 7) is 2.12. The number of aromatic nitrogens is 1. The van der Waals surface area contributed by atoms with Crippen LogP contribution in [-0.4, -0.2) is 18.1 Å². The monoisotopic (exact) mass is 275 g/mol. The number of carbonyl (C=O) groups is 1. The van der Waals surface area contributed by atoms with Crippen molar-refractivity contribution >= 4 is 5.97 Å². The zero-order valence-electron chi connectivity index (χ0n) is 11.2. The highest BCUT2D eigenvalue weighted by atomic mass is 19.1. The summed E-state index contributed by atoms with van der Waals surface area (Å²) in [5.41, 5.74) is 1.52. The summed E-state index contributed by atoms with van der Waals surface area (Å²) in [6, 6.07) is 9.59. The van der Waals surface area contributed by atoms with E-state index in [1.165, 1.54) is 19.2 Å². The third-order valence-corrected chi connectivity index (χ3v) is 2.68.